The molecule has 0 aliphatic rings. The summed E-state index contributed by atoms with van der Waals surface area (Å²) in [5, 5.41) is 0.473. The van der Waals surface area contributed by atoms with E-state index in [2.05, 4.69) is 9.97 Å². The molecule has 20 heavy (non-hydrogen) atoms. The molecular formula is C15H17ClN2O2. The van der Waals surface area contributed by atoms with Crippen LogP contribution in [0.25, 0.3) is 11.4 Å². The van der Waals surface area contributed by atoms with Crippen LogP contribution in [0, 0.1) is 13.8 Å². The van der Waals surface area contributed by atoms with E-state index in [-0.39, 0.29) is 0 Å². The van der Waals surface area contributed by atoms with E-state index in [1.54, 1.807) is 7.11 Å². The van der Waals surface area contributed by atoms with E-state index >= 15 is 0 Å². The molecule has 5 heteroatoms. The van der Waals surface area contributed by atoms with Gasteiger partial charge in [0.25, 0.3) is 0 Å². The Morgan fingerprint density at radius 2 is 1.90 bits per heavy atom. The lowest BCUT2D eigenvalue weighted by molar-refractivity contribution is 0.311. The van der Waals surface area contributed by atoms with Crippen LogP contribution in [0.4, 0.5) is 0 Å². The third-order valence-corrected chi connectivity index (χ3v) is 3.42. The van der Waals surface area contributed by atoms with Gasteiger partial charge in [0.1, 0.15) is 5.15 Å². The number of benzene rings is 1. The fourth-order valence-corrected chi connectivity index (χ4v) is 2.02. The number of methoxy groups -OCH3 is 1. The largest absolute Gasteiger partial charge is 0.493 e. The molecule has 0 saturated heterocycles. The molecule has 4 nitrogen and oxygen atoms in total. The molecule has 2 rings (SSSR count). The predicted octanol–water partition coefficient (Wildman–Crippen LogP) is 3.82. The van der Waals surface area contributed by atoms with Gasteiger partial charge in [-0.3, -0.25) is 0 Å². The second-order valence-electron chi connectivity index (χ2n) is 4.35. The Morgan fingerprint density at radius 1 is 1.15 bits per heavy atom. The Morgan fingerprint density at radius 3 is 2.50 bits per heavy atom. The van der Waals surface area contributed by atoms with Crippen molar-refractivity contribution in [3.05, 3.63) is 34.6 Å². The minimum Gasteiger partial charge on any atom is -0.493 e. The fraction of sp³-hybridized carbons (Fsp3) is 0.333. The molecule has 0 aliphatic carbocycles. The summed E-state index contributed by atoms with van der Waals surface area (Å²) >= 11 is 6.12. The lowest BCUT2D eigenvalue weighted by atomic mass is 10.1. The molecule has 0 atom stereocenters. The lowest BCUT2D eigenvalue weighted by Crippen LogP contribution is -1.98. The number of aryl methyl sites for hydroxylation is 1. The van der Waals surface area contributed by atoms with Crippen LogP contribution >= 0.6 is 11.6 Å². The van der Waals surface area contributed by atoms with Crippen molar-refractivity contribution in [2.24, 2.45) is 0 Å². The van der Waals surface area contributed by atoms with Crippen molar-refractivity contribution in [1.82, 2.24) is 9.97 Å². The highest BCUT2D eigenvalue weighted by Gasteiger charge is 2.11. The summed E-state index contributed by atoms with van der Waals surface area (Å²) in [6.45, 7) is 6.33. The number of aromatic nitrogens is 2. The molecule has 0 amide bonds. The normalized spacial score (nSPS) is 10.4. The van der Waals surface area contributed by atoms with E-state index in [1.807, 2.05) is 39.0 Å². The topological polar surface area (TPSA) is 44.2 Å². The Hall–Kier alpha value is -1.81. The van der Waals surface area contributed by atoms with E-state index in [0.29, 0.717) is 29.1 Å². The number of nitrogens with zero attached hydrogens (tertiary/aromatic N) is 2. The number of rotatable bonds is 4. The van der Waals surface area contributed by atoms with Crippen molar-refractivity contribution in [3.8, 4) is 22.9 Å². The highest BCUT2D eigenvalue weighted by atomic mass is 35.5. The monoisotopic (exact) mass is 292 g/mol. The molecular weight excluding hydrogens is 276 g/mol. The Kier molecular flexibility index (Phi) is 4.45. The van der Waals surface area contributed by atoms with Crippen molar-refractivity contribution >= 4 is 11.6 Å². The van der Waals surface area contributed by atoms with Crippen molar-refractivity contribution in [2.45, 2.75) is 20.8 Å². The van der Waals surface area contributed by atoms with Gasteiger partial charge in [0, 0.05) is 16.8 Å². The quantitative estimate of drug-likeness (QED) is 0.804. The third-order valence-electron chi connectivity index (χ3n) is 3.05. The minimum atomic E-state index is 0.473. The van der Waals surface area contributed by atoms with Crippen LogP contribution in [0.5, 0.6) is 11.5 Å². The molecule has 1 aromatic carbocycles. The smallest absolute Gasteiger partial charge is 0.161 e. The first-order valence-electron chi connectivity index (χ1n) is 6.38. The Balaban J connectivity index is 2.48. The first kappa shape index (κ1) is 14.6. The second kappa shape index (κ2) is 6.09. The highest BCUT2D eigenvalue weighted by Crippen LogP contribution is 2.32. The van der Waals surface area contributed by atoms with Crippen molar-refractivity contribution in [3.63, 3.8) is 0 Å². The molecule has 0 spiro atoms. The molecule has 1 aromatic heterocycles. The fourth-order valence-electron chi connectivity index (χ4n) is 1.80. The summed E-state index contributed by atoms with van der Waals surface area (Å²) in [5.41, 5.74) is 2.61. The molecule has 0 radical (unpaired) electrons. The van der Waals surface area contributed by atoms with Crippen LogP contribution in [-0.2, 0) is 0 Å². The molecule has 0 fully saturated rings. The Bertz CT molecular complexity index is 606. The average molecular weight is 293 g/mol. The van der Waals surface area contributed by atoms with Gasteiger partial charge in [0.15, 0.2) is 17.3 Å². The van der Waals surface area contributed by atoms with Crippen molar-refractivity contribution in [2.75, 3.05) is 13.7 Å². The van der Waals surface area contributed by atoms with E-state index < -0.39 is 0 Å². The van der Waals surface area contributed by atoms with Gasteiger partial charge in [-0.2, -0.15) is 0 Å². The van der Waals surface area contributed by atoms with Gasteiger partial charge in [0.05, 0.1) is 13.7 Å². The first-order chi connectivity index (χ1) is 9.56. The van der Waals surface area contributed by atoms with E-state index in [0.717, 1.165) is 16.8 Å². The van der Waals surface area contributed by atoms with Crippen molar-refractivity contribution in [1.29, 1.82) is 0 Å². The highest BCUT2D eigenvalue weighted by molar-refractivity contribution is 6.30. The SMILES string of the molecule is CCOc1ccc(-c2nc(C)c(C)c(Cl)n2)cc1OC. The second-order valence-corrected chi connectivity index (χ2v) is 4.71. The molecule has 1 heterocycles. The number of ether oxygens (including phenoxy) is 2. The summed E-state index contributed by atoms with van der Waals surface area (Å²) in [6, 6.07) is 5.60. The van der Waals surface area contributed by atoms with Crippen molar-refractivity contribution < 1.29 is 9.47 Å². The molecule has 0 N–H and O–H groups in total. The zero-order valence-corrected chi connectivity index (χ0v) is 12.8. The molecule has 0 saturated carbocycles. The van der Waals surface area contributed by atoms with Crippen LogP contribution in [0.1, 0.15) is 18.2 Å². The summed E-state index contributed by atoms with van der Waals surface area (Å²) in [6.07, 6.45) is 0. The Labute approximate surface area is 123 Å². The maximum Gasteiger partial charge on any atom is 0.161 e. The standard InChI is InChI=1S/C15H17ClN2O2/c1-5-20-12-7-6-11(8-13(12)19-4)15-17-10(3)9(2)14(16)18-15/h6-8H,5H2,1-4H3. The zero-order valence-electron chi connectivity index (χ0n) is 12.0. The van der Waals surface area contributed by atoms with Crippen LogP contribution < -0.4 is 9.47 Å². The van der Waals surface area contributed by atoms with Gasteiger partial charge in [-0.05, 0) is 39.0 Å². The van der Waals surface area contributed by atoms with E-state index in [1.165, 1.54) is 0 Å². The summed E-state index contributed by atoms with van der Waals surface area (Å²) in [5.74, 6) is 1.94. The first-order valence-corrected chi connectivity index (χ1v) is 6.76. The van der Waals surface area contributed by atoms with Crippen LogP contribution in [0.2, 0.25) is 5.15 Å². The maximum atomic E-state index is 6.12. The van der Waals surface area contributed by atoms with E-state index in [9.17, 15) is 0 Å². The molecule has 0 unspecified atom stereocenters. The van der Waals surface area contributed by atoms with E-state index in [4.69, 9.17) is 21.1 Å². The minimum absolute atomic E-state index is 0.473. The van der Waals surface area contributed by atoms with Crippen LogP contribution in [0.15, 0.2) is 18.2 Å². The maximum absolute atomic E-state index is 6.12. The lowest BCUT2D eigenvalue weighted by Gasteiger charge is -2.11. The summed E-state index contributed by atoms with van der Waals surface area (Å²) in [7, 11) is 1.61. The van der Waals surface area contributed by atoms with Gasteiger partial charge in [0.2, 0.25) is 0 Å². The van der Waals surface area contributed by atoms with Gasteiger partial charge < -0.3 is 9.47 Å². The van der Waals surface area contributed by atoms with Gasteiger partial charge >= 0.3 is 0 Å². The number of hydrogen-bond acceptors (Lipinski definition) is 4. The van der Waals surface area contributed by atoms with Gasteiger partial charge in [-0.25, -0.2) is 9.97 Å². The summed E-state index contributed by atoms with van der Waals surface area (Å²) in [4.78, 5) is 8.78. The molecule has 0 aliphatic heterocycles. The van der Waals surface area contributed by atoms with Gasteiger partial charge in [-0.15, -0.1) is 0 Å². The average Bonchev–Trinajstić information content (AvgIpc) is 2.45. The van der Waals surface area contributed by atoms with Gasteiger partial charge in [-0.1, -0.05) is 11.6 Å². The zero-order chi connectivity index (χ0) is 14.7. The summed E-state index contributed by atoms with van der Waals surface area (Å²) < 4.78 is 10.8. The third kappa shape index (κ3) is 2.85. The van der Waals surface area contributed by atoms with Crippen LogP contribution in [0.3, 0.4) is 0 Å². The molecule has 106 valence electrons. The molecule has 2 aromatic rings. The van der Waals surface area contributed by atoms with Crippen LogP contribution in [-0.4, -0.2) is 23.7 Å². The number of hydrogen-bond donors (Lipinski definition) is 0. The predicted molar refractivity (Wildman–Crippen MR) is 79.7 cm³/mol. The number of halogens is 1. The molecule has 0 bridgehead atoms.